The highest BCUT2D eigenvalue weighted by atomic mass is 16.1. The Morgan fingerprint density at radius 2 is 2.10 bits per heavy atom. The molecule has 0 aliphatic heterocycles. The minimum atomic E-state index is 0.169. The minimum Gasteiger partial charge on any atom is -0.299 e. The molecule has 0 radical (unpaired) electrons. The molecule has 10 heavy (non-hydrogen) atoms. The van der Waals surface area contributed by atoms with E-state index in [1.807, 2.05) is 20.8 Å². The summed E-state index contributed by atoms with van der Waals surface area (Å²) >= 11 is 0. The molecule has 0 N–H and O–H groups in total. The Morgan fingerprint density at radius 3 is 2.40 bits per heavy atom. The summed E-state index contributed by atoms with van der Waals surface area (Å²) in [6.45, 7) is 9.58. The fourth-order valence-corrected chi connectivity index (χ4v) is 0.985. The second kappa shape index (κ2) is 4.26. The first-order valence-corrected chi connectivity index (χ1v) is 3.75. The van der Waals surface area contributed by atoms with E-state index in [1.54, 1.807) is 0 Å². The van der Waals surface area contributed by atoms with E-state index in [1.165, 1.54) is 0 Å². The molecule has 0 aromatic heterocycles. The second-order valence-corrected chi connectivity index (χ2v) is 2.88. The van der Waals surface area contributed by atoms with E-state index in [-0.39, 0.29) is 5.92 Å². The lowest BCUT2D eigenvalue weighted by Crippen LogP contribution is -2.09. The van der Waals surface area contributed by atoms with Crippen LogP contribution in [0.4, 0.5) is 0 Å². The van der Waals surface area contributed by atoms with Gasteiger partial charge in [0.25, 0.3) is 0 Å². The SMILES string of the molecule is C=C(C)CC(C)C(=O)CC. The predicted molar refractivity (Wildman–Crippen MR) is 43.9 cm³/mol. The van der Waals surface area contributed by atoms with Gasteiger partial charge in [0, 0.05) is 12.3 Å². The van der Waals surface area contributed by atoms with Gasteiger partial charge in [-0.15, -0.1) is 6.58 Å². The summed E-state index contributed by atoms with van der Waals surface area (Å²) in [4.78, 5) is 11.0. The summed E-state index contributed by atoms with van der Waals surface area (Å²) in [5.74, 6) is 0.505. The summed E-state index contributed by atoms with van der Waals surface area (Å²) in [6, 6.07) is 0. The van der Waals surface area contributed by atoms with E-state index >= 15 is 0 Å². The number of ketones is 1. The van der Waals surface area contributed by atoms with Gasteiger partial charge >= 0.3 is 0 Å². The van der Waals surface area contributed by atoms with Crippen molar-refractivity contribution in [2.45, 2.75) is 33.6 Å². The van der Waals surface area contributed by atoms with Crippen molar-refractivity contribution in [1.82, 2.24) is 0 Å². The number of Topliss-reactive ketones (excluding diaryl/α,β-unsaturated/α-hetero) is 1. The third-order valence-electron chi connectivity index (χ3n) is 1.55. The van der Waals surface area contributed by atoms with E-state index < -0.39 is 0 Å². The summed E-state index contributed by atoms with van der Waals surface area (Å²) in [7, 11) is 0. The van der Waals surface area contributed by atoms with Gasteiger partial charge in [-0.25, -0.2) is 0 Å². The number of allylic oxidation sites excluding steroid dienone is 1. The summed E-state index contributed by atoms with van der Waals surface area (Å²) < 4.78 is 0. The van der Waals surface area contributed by atoms with Gasteiger partial charge < -0.3 is 0 Å². The van der Waals surface area contributed by atoms with Crippen LogP contribution >= 0.6 is 0 Å². The standard InChI is InChI=1S/C9H16O/c1-5-9(10)8(4)6-7(2)3/h8H,2,5-6H2,1,3-4H3. The van der Waals surface area contributed by atoms with Crippen LogP contribution in [0.1, 0.15) is 33.6 Å². The predicted octanol–water partition coefficient (Wildman–Crippen LogP) is 2.57. The van der Waals surface area contributed by atoms with Crippen LogP contribution in [0.3, 0.4) is 0 Å². The molecule has 0 spiro atoms. The van der Waals surface area contributed by atoms with Crippen LogP contribution in [0.15, 0.2) is 12.2 Å². The zero-order valence-electron chi connectivity index (χ0n) is 7.11. The van der Waals surface area contributed by atoms with Crippen molar-refractivity contribution in [1.29, 1.82) is 0 Å². The Labute approximate surface area is 63.1 Å². The molecule has 0 saturated carbocycles. The van der Waals surface area contributed by atoms with Crippen LogP contribution in [0.25, 0.3) is 0 Å². The molecular formula is C9H16O. The molecule has 1 heteroatoms. The summed E-state index contributed by atoms with van der Waals surface area (Å²) in [5.41, 5.74) is 1.09. The lowest BCUT2D eigenvalue weighted by molar-refractivity contribution is -0.122. The number of rotatable bonds is 4. The van der Waals surface area contributed by atoms with Crippen LogP contribution < -0.4 is 0 Å². The molecule has 58 valence electrons. The van der Waals surface area contributed by atoms with Crippen molar-refractivity contribution in [2.24, 2.45) is 5.92 Å². The topological polar surface area (TPSA) is 17.1 Å². The highest BCUT2D eigenvalue weighted by Gasteiger charge is 2.09. The average molecular weight is 140 g/mol. The first-order valence-electron chi connectivity index (χ1n) is 3.75. The van der Waals surface area contributed by atoms with Gasteiger partial charge in [-0.3, -0.25) is 4.79 Å². The number of carbonyl (C=O) groups excluding carboxylic acids is 1. The molecule has 0 fully saturated rings. The van der Waals surface area contributed by atoms with Crippen molar-refractivity contribution in [2.75, 3.05) is 0 Å². The normalized spacial score (nSPS) is 12.7. The third-order valence-corrected chi connectivity index (χ3v) is 1.55. The molecule has 0 aromatic carbocycles. The molecule has 0 aromatic rings. The lowest BCUT2D eigenvalue weighted by atomic mass is 9.97. The quantitative estimate of drug-likeness (QED) is 0.548. The smallest absolute Gasteiger partial charge is 0.135 e. The molecule has 0 heterocycles. The van der Waals surface area contributed by atoms with E-state index in [2.05, 4.69) is 6.58 Å². The molecule has 0 amide bonds. The minimum absolute atomic E-state index is 0.169. The molecule has 0 bridgehead atoms. The van der Waals surface area contributed by atoms with Gasteiger partial charge in [-0.1, -0.05) is 19.4 Å². The van der Waals surface area contributed by atoms with Crippen molar-refractivity contribution in [3.63, 3.8) is 0 Å². The number of hydrogen-bond donors (Lipinski definition) is 0. The largest absolute Gasteiger partial charge is 0.299 e. The average Bonchev–Trinajstić information content (AvgIpc) is 1.85. The van der Waals surface area contributed by atoms with E-state index in [9.17, 15) is 4.79 Å². The zero-order chi connectivity index (χ0) is 8.15. The number of hydrogen-bond acceptors (Lipinski definition) is 1. The molecule has 0 aliphatic rings. The lowest BCUT2D eigenvalue weighted by Gasteiger charge is -2.07. The van der Waals surface area contributed by atoms with Crippen LogP contribution in [-0.4, -0.2) is 5.78 Å². The van der Waals surface area contributed by atoms with Gasteiger partial charge in [0.2, 0.25) is 0 Å². The molecule has 0 saturated heterocycles. The van der Waals surface area contributed by atoms with Gasteiger partial charge in [-0.05, 0) is 13.3 Å². The number of carbonyl (C=O) groups is 1. The van der Waals surface area contributed by atoms with E-state index in [0.717, 1.165) is 12.0 Å². The fourth-order valence-electron chi connectivity index (χ4n) is 0.985. The van der Waals surface area contributed by atoms with E-state index in [4.69, 9.17) is 0 Å². The maximum atomic E-state index is 11.0. The van der Waals surface area contributed by atoms with Crippen molar-refractivity contribution in [3.8, 4) is 0 Å². The van der Waals surface area contributed by atoms with Gasteiger partial charge in [-0.2, -0.15) is 0 Å². The molecule has 1 nitrogen and oxygen atoms in total. The van der Waals surface area contributed by atoms with Crippen molar-refractivity contribution in [3.05, 3.63) is 12.2 Å². The Kier molecular flexibility index (Phi) is 4.01. The first kappa shape index (κ1) is 9.41. The molecule has 0 rings (SSSR count). The van der Waals surface area contributed by atoms with Crippen LogP contribution in [0.5, 0.6) is 0 Å². The maximum absolute atomic E-state index is 11.0. The third kappa shape index (κ3) is 3.44. The summed E-state index contributed by atoms with van der Waals surface area (Å²) in [5, 5.41) is 0. The van der Waals surface area contributed by atoms with Gasteiger partial charge in [0.1, 0.15) is 5.78 Å². The Bertz CT molecular complexity index is 136. The molecular weight excluding hydrogens is 124 g/mol. The first-order chi connectivity index (χ1) is 4.57. The zero-order valence-corrected chi connectivity index (χ0v) is 7.11. The fraction of sp³-hybridized carbons (Fsp3) is 0.667. The molecule has 0 aliphatic carbocycles. The Balaban J connectivity index is 3.72. The van der Waals surface area contributed by atoms with Gasteiger partial charge in [0.15, 0.2) is 0 Å². The monoisotopic (exact) mass is 140 g/mol. The Hall–Kier alpha value is -0.590. The van der Waals surface area contributed by atoms with Crippen molar-refractivity contribution >= 4 is 5.78 Å². The van der Waals surface area contributed by atoms with E-state index in [0.29, 0.717) is 12.2 Å². The highest BCUT2D eigenvalue weighted by molar-refractivity contribution is 5.80. The van der Waals surface area contributed by atoms with Crippen LogP contribution in [0, 0.1) is 5.92 Å². The highest BCUT2D eigenvalue weighted by Crippen LogP contribution is 2.10. The molecule has 1 unspecified atom stereocenters. The van der Waals surface area contributed by atoms with Crippen LogP contribution in [-0.2, 0) is 4.79 Å². The van der Waals surface area contributed by atoms with Crippen molar-refractivity contribution < 1.29 is 4.79 Å². The Morgan fingerprint density at radius 1 is 1.60 bits per heavy atom. The van der Waals surface area contributed by atoms with Gasteiger partial charge in [0.05, 0.1) is 0 Å². The second-order valence-electron chi connectivity index (χ2n) is 2.88. The molecule has 1 atom stereocenters. The maximum Gasteiger partial charge on any atom is 0.135 e. The summed E-state index contributed by atoms with van der Waals surface area (Å²) in [6.07, 6.45) is 1.49. The van der Waals surface area contributed by atoms with Crippen LogP contribution in [0.2, 0.25) is 0 Å².